The van der Waals surface area contributed by atoms with Crippen LogP contribution in [0.4, 0.5) is 0 Å². The van der Waals surface area contributed by atoms with E-state index in [0.29, 0.717) is 16.7 Å². The van der Waals surface area contributed by atoms with Gasteiger partial charge in [-0.2, -0.15) is 0 Å². The third-order valence-corrected chi connectivity index (χ3v) is 2.91. The Morgan fingerprint density at radius 2 is 1.71 bits per heavy atom. The van der Waals surface area contributed by atoms with Gasteiger partial charge in [0.25, 0.3) is 5.78 Å². The van der Waals surface area contributed by atoms with Crippen LogP contribution in [-0.4, -0.2) is 23.5 Å². The Hall–Kier alpha value is -2.50. The van der Waals surface area contributed by atoms with Gasteiger partial charge in [-0.3, -0.25) is 4.79 Å². The summed E-state index contributed by atoms with van der Waals surface area (Å²) in [6, 6.07) is 3.58. The minimum atomic E-state index is -1.26. The SMILES string of the molecule is CCOC(=O)C(=O)/C(N=O)=C(\O)c1c(C)cc(C)cc1C. The number of aliphatic hydroxyl groups excluding tert-OH is 1. The van der Waals surface area contributed by atoms with Crippen LogP contribution in [0, 0.1) is 25.7 Å². The lowest BCUT2D eigenvalue weighted by Gasteiger charge is -2.11. The number of carbonyl (C=O) groups excluding carboxylic acids is 2. The van der Waals surface area contributed by atoms with Crippen LogP contribution in [0.15, 0.2) is 23.0 Å². The molecule has 0 atom stereocenters. The van der Waals surface area contributed by atoms with E-state index in [4.69, 9.17) is 0 Å². The van der Waals surface area contributed by atoms with Crippen LogP contribution in [0.25, 0.3) is 5.76 Å². The molecule has 0 spiro atoms. The van der Waals surface area contributed by atoms with Crippen LogP contribution in [0.5, 0.6) is 0 Å². The average Bonchev–Trinajstić information content (AvgIpc) is 2.38. The van der Waals surface area contributed by atoms with Crippen molar-refractivity contribution in [2.45, 2.75) is 27.7 Å². The van der Waals surface area contributed by atoms with Crippen molar-refractivity contribution in [3.8, 4) is 0 Å². The average molecular weight is 291 g/mol. The lowest BCUT2D eigenvalue weighted by molar-refractivity contribution is -0.151. The Balaban J connectivity index is 3.42. The molecule has 0 fully saturated rings. The van der Waals surface area contributed by atoms with Crippen LogP contribution < -0.4 is 0 Å². The van der Waals surface area contributed by atoms with Crippen LogP contribution in [0.2, 0.25) is 0 Å². The van der Waals surface area contributed by atoms with E-state index in [1.807, 2.05) is 6.92 Å². The summed E-state index contributed by atoms with van der Waals surface area (Å²) >= 11 is 0. The minimum absolute atomic E-state index is 0.0138. The molecule has 1 rings (SSSR count). The Morgan fingerprint density at radius 1 is 1.19 bits per heavy atom. The first-order chi connectivity index (χ1) is 9.83. The second-order valence-electron chi connectivity index (χ2n) is 4.61. The predicted octanol–water partition coefficient (Wildman–Crippen LogP) is 2.74. The fraction of sp³-hybridized carbons (Fsp3) is 0.333. The molecule has 0 aliphatic rings. The predicted molar refractivity (Wildman–Crippen MR) is 77.6 cm³/mol. The van der Waals surface area contributed by atoms with Crippen LogP contribution in [0.1, 0.15) is 29.2 Å². The van der Waals surface area contributed by atoms with Crippen molar-refractivity contribution in [3.63, 3.8) is 0 Å². The van der Waals surface area contributed by atoms with Crippen molar-refractivity contribution in [1.29, 1.82) is 0 Å². The van der Waals surface area contributed by atoms with Gasteiger partial charge in [0.05, 0.1) is 6.61 Å². The van der Waals surface area contributed by atoms with E-state index in [0.717, 1.165) is 5.56 Å². The summed E-state index contributed by atoms with van der Waals surface area (Å²) < 4.78 is 4.52. The third-order valence-electron chi connectivity index (χ3n) is 2.91. The molecule has 0 aliphatic carbocycles. The molecule has 6 nitrogen and oxygen atoms in total. The largest absolute Gasteiger partial charge is 0.505 e. The Kier molecular flexibility index (Phi) is 5.35. The molecule has 6 heteroatoms. The number of hydrogen-bond donors (Lipinski definition) is 1. The maximum absolute atomic E-state index is 11.8. The molecule has 0 unspecified atom stereocenters. The second-order valence-corrected chi connectivity index (χ2v) is 4.61. The number of rotatable bonds is 5. The van der Waals surface area contributed by atoms with E-state index < -0.39 is 23.2 Å². The Morgan fingerprint density at radius 3 is 2.14 bits per heavy atom. The molecule has 0 bridgehead atoms. The topological polar surface area (TPSA) is 93.0 Å². The molecular formula is C15H17NO5. The van der Waals surface area contributed by atoms with Crippen molar-refractivity contribution in [2.24, 2.45) is 5.18 Å². The van der Waals surface area contributed by atoms with E-state index in [1.54, 1.807) is 26.0 Å². The number of aliphatic hydroxyl groups is 1. The van der Waals surface area contributed by atoms with Gasteiger partial charge in [-0.1, -0.05) is 17.7 Å². The van der Waals surface area contributed by atoms with Crippen molar-refractivity contribution in [2.75, 3.05) is 6.61 Å². The molecule has 0 saturated heterocycles. The molecule has 0 heterocycles. The first kappa shape index (κ1) is 16.6. The van der Waals surface area contributed by atoms with E-state index in [2.05, 4.69) is 9.91 Å². The summed E-state index contributed by atoms with van der Waals surface area (Å²) in [7, 11) is 0. The highest BCUT2D eigenvalue weighted by molar-refractivity contribution is 6.41. The van der Waals surface area contributed by atoms with Crippen LogP contribution in [0.3, 0.4) is 0 Å². The quantitative estimate of drug-likeness (QED) is 0.296. The number of ketones is 1. The molecule has 0 amide bonds. The molecule has 1 aromatic carbocycles. The van der Waals surface area contributed by atoms with E-state index in [9.17, 15) is 19.6 Å². The standard InChI is InChI=1S/C15H17NO5/c1-5-21-15(19)14(18)12(16-20)13(17)11-9(3)6-8(2)7-10(11)4/h6-7,17H,5H2,1-4H3/b13-12+. The van der Waals surface area contributed by atoms with Crippen LogP contribution in [-0.2, 0) is 14.3 Å². The van der Waals surface area contributed by atoms with Crippen molar-refractivity contribution >= 4 is 17.5 Å². The summed E-state index contributed by atoms with van der Waals surface area (Å²) in [5.74, 6) is -3.09. The van der Waals surface area contributed by atoms with Crippen molar-refractivity contribution < 1.29 is 19.4 Å². The molecule has 1 N–H and O–H groups in total. The highest BCUT2D eigenvalue weighted by Gasteiger charge is 2.27. The zero-order valence-corrected chi connectivity index (χ0v) is 12.4. The third kappa shape index (κ3) is 3.53. The second kappa shape index (κ2) is 6.78. The van der Waals surface area contributed by atoms with Gasteiger partial charge in [0.15, 0.2) is 5.76 Å². The number of hydrogen-bond acceptors (Lipinski definition) is 6. The maximum atomic E-state index is 11.8. The summed E-state index contributed by atoms with van der Waals surface area (Å²) in [5, 5.41) is 12.7. The summed E-state index contributed by atoms with van der Waals surface area (Å²) in [6.07, 6.45) is 0. The van der Waals surface area contributed by atoms with Gasteiger partial charge in [-0.25, -0.2) is 4.79 Å². The minimum Gasteiger partial charge on any atom is -0.505 e. The Labute approximate surface area is 122 Å². The van der Waals surface area contributed by atoms with Crippen molar-refractivity contribution in [1.82, 2.24) is 0 Å². The molecule has 21 heavy (non-hydrogen) atoms. The van der Waals surface area contributed by atoms with Crippen molar-refractivity contribution in [3.05, 3.63) is 45.0 Å². The smallest absolute Gasteiger partial charge is 0.381 e. The molecule has 0 radical (unpaired) electrons. The summed E-state index contributed by atoms with van der Waals surface area (Å²) in [6.45, 7) is 6.84. The van der Waals surface area contributed by atoms with E-state index >= 15 is 0 Å². The zero-order chi connectivity index (χ0) is 16.2. The molecule has 0 aliphatic heterocycles. The first-order valence-corrected chi connectivity index (χ1v) is 6.39. The molecule has 112 valence electrons. The van der Waals surface area contributed by atoms with Gasteiger partial charge in [0.1, 0.15) is 0 Å². The number of ether oxygens (including phenoxy) is 1. The number of benzene rings is 1. The maximum Gasteiger partial charge on any atom is 0.381 e. The fourth-order valence-electron chi connectivity index (χ4n) is 2.16. The highest BCUT2D eigenvalue weighted by atomic mass is 16.5. The number of Topliss-reactive ketones (excluding diaryl/α,β-unsaturated/α-hetero) is 1. The molecule has 0 aromatic heterocycles. The lowest BCUT2D eigenvalue weighted by Crippen LogP contribution is -2.19. The van der Waals surface area contributed by atoms with Gasteiger partial charge in [-0.15, -0.1) is 4.91 Å². The van der Waals surface area contributed by atoms with Gasteiger partial charge in [0, 0.05) is 5.56 Å². The summed E-state index contributed by atoms with van der Waals surface area (Å²) in [4.78, 5) is 34.0. The molecular weight excluding hydrogens is 274 g/mol. The summed E-state index contributed by atoms with van der Waals surface area (Å²) in [5.41, 5.74) is 1.78. The number of nitroso groups, excluding NO2 is 1. The van der Waals surface area contributed by atoms with E-state index in [1.165, 1.54) is 6.92 Å². The number of esters is 1. The monoisotopic (exact) mass is 291 g/mol. The van der Waals surface area contributed by atoms with Crippen LogP contribution >= 0.6 is 0 Å². The van der Waals surface area contributed by atoms with E-state index in [-0.39, 0.29) is 6.61 Å². The Bertz CT molecular complexity index is 608. The first-order valence-electron chi connectivity index (χ1n) is 6.39. The lowest BCUT2D eigenvalue weighted by atomic mass is 9.97. The fourth-order valence-corrected chi connectivity index (χ4v) is 2.16. The van der Waals surface area contributed by atoms with Gasteiger partial charge in [0.2, 0.25) is 5.70 Å². The molecule has 1 aromatic rings. The number of carbonyl (C=O) groups is 2. The van der Waals surface area contributed by atoms with Gasteiger partial charge in [-0.05, 0) is 44.0 Å². The highest BCUT2D eigenvalue weighted by Crippen LogP contribution is 2.26. The molecule has 0 saturated carbocycles. The zero-order valence-electron chi connectivity index (χ0n) is 12.4. The number of nitrogens with zero attached hydrogens (tertiary/aromatic N) is 1. The van der Waals surface area contributed by atoms with Gasteiger partial charge >= 0.3 is 5.97 Å². The van der Waals surface area contributed by atoms with Gasteiger partial charge < -0.3 is 9.84 Å². The number of aryl methyl sites for hydroxylation is 3. The normalized spacial score (nSPS) is 11.6.